The van der Waals surface area contributed by atoms with Crippen molar-refractivity contribution in [3.63, 3.8) is 0 Å². The number of anilines is 1. The highest BCUT2D eigenvalue weighted by Gasteiger charge is 2.41. The van der Waals surface area contributed by atoms with Crippen LogP contribution in [0, 0.1) is 16.0 Å². The Kier molecular flexibility index (Phi) is 3.49. The van der Waals surface area contributed by atoms with Gasteiger partial charge in [-0.2, -0.15) is 0 Å². The molecule has 0 spiro atoms. The lowest BCUT2D eigenvalue weighted by Gasteiger charge is -2.37. The molecule has 5 nitrogen and oxygen atoms in total. The molecule has 5 heteroatoms. The van der Waals surface area contributed by atoms with Crippen molar-refractivity contribution in [3.8, 4) is 5.75 Å². The second-order valence-electron chi connectivity index (χ2n) is 6.22. The van der Waals surface area contributed by atoms with Gasteiger partial charge in [-0.15, -0.1) is 0 Å². The summed E-state index contributed by atoms with van der Waals surface area (Å²) in [5, 5.41) is 15.0. The standard InChI is InChI=1S/C19H18N2O3/c1-24-17-11-5-9-14-12-7-4-8-13(12)18(20-19(14)17)15-6-2-3-10-16(15)21(22)23/h2-7,9-13,18,20H,8H2,1H3/t12-,13-,18-/m0/s1. The fraction of sp³-hybridized carbons (Fsp3) is 0.263. The number of allylic oxidation sites excluding steroid dienone is 2. The Balaban J connectivity index is 1.86. The molecule has 3 atom stereocenters. The fourth-order valence-electron chi connectivity index (χ4n) is 3.99. The molecular formula is C19H18N2O3. The van der Waals surface area contributed by atoms with Gasteiger partial charge in [-0.1, -0.05) is 42.5 Å². The van der Waals surface area contributed by atoms with E-state index in [-0.39, 0.29) is 28.5 Å². The van der Waals surface area contributed by atoms with E-state index in [9.17, 15) is 10.1 Å². The first-order valence-electron chi connectivity index (χ1n) is 8.04. The summed E-state index contributed by atoms with van der Waals surface area (Å²) in [6.07, 6.45) is 5.30. The smallest absolute Gasteiger partial charge is 0.274 e. The number of ether oxygens (including phenoxy) is 1. The molecule has 1 aliphatic carbocycles. The van der Waals surface area contributed by atoms with Crippen molar-refractivity contribution in [1.29, 1.82) is 0 Å². The van der Waals surface area contributed by atoms with Crippen molar-refractivity contribution in [1.82, 2.24) is 0 Å². The molecular weight excluding hydrogens is 304 g/mol. The number of nitro benzene ring substituents is 1. The molecule has 0 radical (unpaired) electrons. The number of rotatable bonds is 3. The molecule has 0 bridgehead atoms. The number of nitro groups is 1. The number of nitrogens with one attached hydrogen (secondary N) is 1. The SMILES string of the molecule is COc1cccc2c1N[C@H](c1ccccc1[N+](=O)[O-])[C@H]1CC=C[C@H]21. The molecule has 1 heterocycles. The van der Waals surface area contributed by atoms with E-state index in [4.69, 9.17) is 4.74 Å². The maximum Gasteiger partial charge on any atom is 0.274 e. The van der Waals surface area contributed by atoms with Gasteiger partial charge in [-0.05, 0) is 24.0 Å². The summed E-state index contributed by atoms with van der Waals surface area (Å²) in [5.74, 6) is 1.29. The molecule has 0 saturated heterocycles. The third kappa shape index (κ3) is 2.16. The summed E-state index contributed by atoms with van der Waals surface area (Å²) in [4.78, 5) is 11.2. The van der Waals surface area contributed by atoms with Gasteiger partial charge in [0.25, 0.3) is 5.69 Å². The lowest BCUT2D eigenvalue weighted by molar-refractivity contribution is -0.385. The monoisotopic (exact) mass is 322 g/mol. The van der Waals surface area contributed by atoms with Crippen molar-refractivity contribution in [3.05, 3.63) is 75.9 Å². The van der Waals surface area contributed by atoms with E-state index in [0.717, 1.165) is 23.4 Å². The minimum atomic E-state index is -0.299. The van der Waals surface area contributed by atoms with Crippen LogP contribution in [0.15, 0.2) is 54.6 Å². The van der Waals surface area contributed by atoms with E-state index >= 15 is 0 Å². The first kappa shape index (κ1) is 14.8. The Morgan fingerprint density at radius 3 is 2.75 bits per heavy atom. The summed E-state index contributed by atoms with van der Waals surface area (Å²) in [7, 11) is 1.65. The van der Waals surface area contributed by atoms with Crippen molar-refractivity contribution in [2.24, 2.45) is 5.92 Å². The largest absolute Gasteiger partial charge is 0.495 e. The molecule has 1 aliphatic heterocycles. The molecule has 0 amide bonds. The van der Waals surface area contributed by atoms with Crippen LogP contribution in [0.5, 0.6) is 5.75 Å². The van der Waals surface area contributed by atoms with Gasteiger partial charge < -0.3 is 10.1 Å². The van der Waals surface area contributed by atoms with Gasteiger partial charge in [0.2, 0.25) is 0 Å². The van der Waals surface area contributed by atoms with Gasteiger partial charge in [0.15, 0.2) is 0 Å². The van der Waals surface area contributed by atoms with Crippen LogP contribution in [0.2, 0.25) is 0 Å². The zero-order chi connectivity index (χ0) is 16.7. The molecule has 1 N–H and O–H groups in total. The van der Waals surface area contributed by atoms with Crippen LogP contribution in [0.25, 0.3) is 0 Å². The highest BCUT2D eigenvalue weighted by molar-refractivity contribution is 5.68. The number of benzene rings is 2. The molecule has 2 aromatic rings. The van der Waals surface area contributed by atoms with Crippen LogP contribution >= 0.6 is 0 Å². The first-order valence-corrected chi connectivity index (χ1v) is 8.04. The molecule has 0 saturated carbocycles. The molecule has 2 aromatic carbocycles. The molecule has 0 unspecified atom stereocenters. The first-order chi connectivity index (χ1) is 11.7. The van der Waals surface area contributed by atoms with E-state index in [1.165, 1.54) is 5.56 Å². The van der Waals surface area contributed by atoms with Gasteiger partial charge in [-0.3, -0.25) is 10.1 Å². The van der Waals surface area contributed by atoms with Crippen LogP contribution in [-0.2, 0) is 0 Å². The zero-order valence-corrected chi connectivity index (χ0v) is 13.3. The lowest BCUT2D eigenvalue weighted by Crippen LogP contribution is -2.29. The normalized spacial score (nSPS) is 24.0. The summed E-state index contributed by atoms with van der Waals surface area (Å²) in [6.45, 7) is 0. The molecule has 24 heavy (non-hydrogen) atoms. The molecule has 0 aromatic heterocycles. The summed E-state index contributed by atoms with van der Waals surface area (Å²) in [5.41, 5.74) is 3.04. The van der Waals surface area contributed by atoms with Gasteiger partial charge >= 0.3 is 0 Å². The maximum absolute atomic E-state index is 11.5. The van der Waals surface area contributed by atoms with E-state index in [1.807, 2.05) is 24.3 Å². The van der Waals surface area contributed by atoms with Crippen LogP contribution < -0.4 is 10.1 Å². The third-order valence-corrected chi connectivity index (χ3v) is 5.05. The number of fused-ring (bicyclic) bond motifs is 3. The Labute approximate surface area is 140 Å². The van der Waals surface area contributed by atoms with Crippen LogP contribution in [0.1, 0.15) is 29.5 Å². The third-order valence-electron chi connectivity index (χ3n) is 5.05. The molecule has 0 fully saturated rings. The summed E-state index contributed by atoms with van der Waals surface area (Å²) < 4.78 is 5.50. The molecule has 4 rings (SSSR count). The average Bonchev–Trinajstić information content (AvgIpc) is 3.10. The van der Waals surface area contributed by atoms with Crippen molar-refractivity contribution in [2.45, 2.75) is 18.4 Å². The lowest BCUT2D eigenvalue weighted by atomic mass is 9.76. The minimum Gasteiger partial charge on any atom is -0.495 e. The van der Waals surface area contributed by atoms with Gasteiger partial charge in [-0.25, -0.2) is 0 Å². The fourth-order valence-corrected chi connectivity index (χ4v) is 3.99. The van der Waals surface area contributed by atoms with Gasteiger partial charge in [0.1, 0.15) is 5.75 Å². The Morgan fingerprint density at radius 2 is 1.96 bits per heavy atom. The van der Waals surface area contributed by atoms with E-state index in [2.05, 4.69) is 23.5 Å². The Bertz CT molecular complexity index is 831. The van der Waals surface area contributed by atoms with Gasteiger partial charge in [0.05, 0.1) is 29.3 Å². The summed E-state index contributed by atoms with van der Waals surface area (Å²) >= 11 is 0. The zero-order valence-electron chi connectivity index (χ0n) is 13.3. The van der Waals surface area contributed by atoms with Crippen molar-refractivity contribution >= 4 is 11.4 Å². The predicted molar refractivity (Wildman–Crippen MR) is 92.4 cm³/mol. The van der Waals surface area contributed by atoms with E-state index in [0.29, 0.717) is 0 Å². The highest BCUT2D eigenvalue weighted by atomic mass is 16.6. The second kappa shape index (κ2) is 5.67. The molecule has 122 valence electrons. The highest BCUT2D eigenvalue weighted by Crippen LogP contribution is 2.53. The van der Waals surface area contributed by atoms with Crippen molar-refractivity contribution in [2.75, 3.05) is 12.4 Å². The number of hydrogen-bond acceptors (Lipinski definition) is 4. The number of methoxy groups -OCH3 is 1. The summed E-state index contributed by atoms with van der Waals surface area (Å²) in [6, 6.07) is 12.9. The minimum absolute atomic E-state index is 0.115. The second-order valence-corrected chi connectivity index (χ2v) is 6.22. The number of nitrogens with zero attached hydrogens (tertiary/aromatic N) is 1. The van der Waals surface area contributed by atoms with Crippen LogP contribution in [0.3, 0.4) is 0 Å². The van der Waals surface area contributed by atoms with E-state index in [1.54, 1.807) is 19.2 Å². The topological polar surface area (TPSA) is 64.4 Å². The van der Waals surface area contributed by atoms with Crippen LogP contribution in [0.4, 0.5) is 11.4 Å². The quantitative estimate of drug-likeness (QED) is 0.516. The molecule has 2 aliphatic rings. The Hall–Kier alpha value is -2.82. The van der Waals surface area contributed by atoms with Crippen molar-refractivity contribution < 1.29 is 9.66 Å². The van der Waals surface area contributed by atoms with Gasteiger partial charge in [0, 0.05) is 12.0 Å². The maximum atomic E-state index is 11.5. The average molecular weight is 322 g/mol. The Morgan fingerprint density at radius 1 is 1.17 bits per heavy atom. The number of hydrogen-bond donors (Lipinski definition) is 1. The van der Waals surface area contributed by atoms with E-state index < -0.39 is 0 Å². The van der Waals surface area contributed by atoms with Crippen LogP contribution in [-0.4, -0.2) is 12.0 Å². The number of para-hydroxylation sites is 2. The predicted octanol–water partition coefficient (Wildman–Crippen LogP) is 4.43.